The van der Waals surface area contributed by atoms with Crippen LogP contribution in [0.2, 0.25) is 0 Å². The van der Waals surface area contributed by atoms with Crippen LogP contribution in [0.15, 0.2) is 36.7 Å². The largest absolute Gasteiger partial charge is 0.418 e. The van der Waals surface area contributed by atoms with Crippen LogP contribution in [0.4, 0.5) is 13.2 Å². The summed E-state index contributed by atoms with van der Waals surface area (Å²) in [5.41, 5.74) is -0.210. The van der Waals surface area contributed by atoms with Crippen molar-refractivity contribution >= 4 is 0 Å². The number of aromatic nitrogens is 2. The Bertz CT molecular complexity index is 699. The highest BCUT2D eigenvalue weighted by atomic mass is 19.4. The number of halogens is 3. The Morgan fingerprint density at radius 1 is 0.958 bits per heavy atom. The van der Waals surface area contributed by atoms with Crippen molar-refractivity contribution < 1.29 is 13.2 Å². The van der Waals surface area contributed by atoms with E-state index in [1.807, 2.05) is 32.0 Å². The molecule has 5 heteroatoms. The molecule has 2 aromatic heterocycles. The van der Waals surface area contributed by atoms with Gasteiger partial charge < -0.3 is 0 Å². The first-order chi connectivity index (χ1) is 10.9. The summed E-state index contributed by atoms with van der Waals surface area (Å²) in [5.74, 6) is 0. The molecule has 0 N–H and O–H groups in total. The Kier molecular flexibility index (Phi) is 4.75. The molecule has 0 bridgehead atoms. The van der Waals surface area contributed by atoms with Crippen molar-refractivity contribution in [2.24, 2.45) is 0 Å². The van der Waals surface area contributed by atoms with Crippen molar-refractivity contribution in [2.45, 2.75) is 58.0 Å². The lowest BCUT2D eigenvalue weighted by Gasteiger charge is -2.26. The van der Waals surface area contributed by atoms with E-state index >= 15 is 0 Å². The van der Waals surface area contributed by atoms with Gasteiger partial charge in [0.15, 0.2) is 0 Å². The molecule has 0 saturated carbocycles. The molecule has 0 fully saturated rings. The maximum Gasteiger partial charge on any atom is 0.418 e. The minimum atomic E-state index is -4.42. The third-order valence-electron chi connectivity index (χ3n) is 3.96. The number of hydrogen-bond acceptors (Lipinski definition) is 2. The zero-order chi connectivity index (χ0) is 18.2. The highest BCUT2D eigenvalue weighted by Gasteiger charge is 2.38. The average Bonchev–Trinajstić information content (AvgIpc) is 2.45. The predicted octanol–water partition coefficient (Wildman–Crippen LogP) is 5.31. The molecule has 0 aliphatic carbocycles. The average molecular weight is 336 g/mol. The van der Waals surface area contributed by atoms with E-state index in [2.05, 4.69) is 9.97 Å². The molecule has 24 heavy (non-hydrogen) atoms. The molecule has 0 saturated heterocycles. The molecule has 0 spiro atoms. The lowest BCUT2D eigenvalue weighted by Crippen LogP contribution is -2.25. The van der Waals surface area contributed by atoms with Gasteiger partial charge in [-0.3, -0.25) is 9.97 Å². The van der Waals surface area contributed by atoms with Gasteiger partial charge in [-0.2, -0.15) is 13.2 Å². The molecule has 2 rings (SSSR count). The van der Waals surface area contributed by atoms with Crippen LogP contribution >= 0.6 is 0 Å². The van der Waals surface area contributed by atoms with E-state index in [4.69, 9.17) is 0 Å². The van der Waals surface area contributed by atoms with Crippen molar-refractivity contribution in [3.05, 3.63) is 59.2 Å². The van der Waals surface area contributed by atoms with Gasteiger partial charge in [0.25, 0.3) is 0 Å². The van der Waals surface area contributed by atoms with Crippen LogP contribution in [0.3, 0.4) is 0 Å². The molecule has 0 atom stereocenters. The number of alkyl halides is 3. The Hall–Kier alpha value is -1.91. The number of pyridine rings is 2. The van der Waals surface area contributed by atoms with Crippen molar-refractivity contribution in [1.82, 2.24) is 9.97 Å². The maximum absolute atomic E-state index is 13.5. The molecule has 2 heterocycles. The van der Waals surface area contributed by atoms with Crippen molar-refractivity contribution in [3.63, 3.8) is 0 Å². The maximum atomic E-state index is 13.5. The van der Waals surface area contributed by atoms with Crippen LogP contribution in [0, 0.1) is 0 Å². The third-order valence-corrected chi connectivity index (χ3v) is 3.96. The summed E-state index contributed by atoms with van der Waals surface area (Å²) in [7, 11) is 0. The second-order valence-corrected chi connectivity index (χ2v) is 7.76. The molecular weight excluding hydrogens is 313 g/mol. The molecule has 0 aliphatic rings. The predicted molar refractivity (Wildman–Crippen MR) is 88.9 cm³/mol. The first kappa shape index (κ1) is 18.4. The van der Waals surface area contributed by atoms with Crippen molar-refractivity contribution in [2.75, 3.05) is 0 Å². The molecule has 0 radical (unpaired) electrons. The monoisotopic (exact) mass is 336 g/mol. The SMILES string of the molecule is CC(C)(C)c1ncc(CC(C)(C)c2ccccn2)cc1C(F)(F)F. The zero-order valence-corrected chi connectivity index (χ0v) is 14.7. The number of nitrogens with zero attached hydrogens (tertiary/aromatic N) is 2. The quantitative estimate of drug-likeness (QED) is 0.759. The van der Waals surface area contributed by atoms with E-state index in [9.17, 15) is 13.2 Å². The molecule has 130 valence electrons. The highest BCUT2D eigenvalue weighted by Crippen LogP contribution is 2.37. The normalized spacial score (nSPS) is 13.2. The summed E-state index contributed by atoms with van der Waals surface area (Å²) < 4.78 is 40.4. The van der Waals surface area contributed by atoms with Crippen LogP contribution < -0.4 is 0 Å². The molecule has 0 amide bonds. The number of hydrogen-bond donors (Lipinski definition) is 0. The molecule has 2 aromatic rings. The molecule has 0 unspecified atom stereocenters. The third kappa shape index (κ3) is 4.13. The van der Waals surface area contributed by atoms with E-state index in [1.54, 1.807) is 33.2 Å². The second-order valence-electron chi connectivity index (χ2n) is 7.76. The summed E-state index contributed by atoms with van der Waals surface area (Å²) in [6.45, 7) is 9.16. The van der Waals surface area contributed by atoms with E-state index in [0.717, 1.165) is 5.69 Å². The van der Waals surface area contributed by atoms with Crippen LogP contribution in [0.5, 0.6) is 0 Å². The van der Waals surface area contributed by atoms with Crippen LogP contribution in [-0.4, -0.2) is 9.97 Å². The fourth-order valence-electron chi connectivity index (χ4n) is 2.78. The summed E-state index contributed by atoms with van der Waals surface area (Å²) in [6, 6.07) is 6.83. The fourth-order valence-corrected chi connectivity index (χ4v) is 2.78. The van der Waals surface area contributed by atoms with Gasteiger partial charge >= 0.3 is 6.18 Å². The first-order valence-corrected chi connectivity index (χ1v) is 7.89. The lowest BCUT2D eigenvalue weighted by atomic mass is 9.81. The topological polar surface area (TPSA) is 25.8 Å². The molecular formula is C19H23F3N2. The van der Waals surface area contributed by atoms with Crippen molar-refractivity contribution in [3.8, 4) is 0 Å². The first-order valence-electron chi connectivity index (χ1n) is 7.89. The zero-order valence-electron chi connectivity index (χ0n) is 14.7. The Labute approximate surface area is 141 Å². The lowest BCUT2D eigenvalue weighted by molar-refractivity contribution is -0.139. The summed E-state index contributed by atoms with van der Waals surface area (Å²) in [5, 5.41) is 0. The van der Waals surface area contributed by atoms with Crippen LogP contribution in [-0.2, 0) is 23.4 Å². The molecule has 0 aliphatic heterocycles. The number of rotatable bonds is 3. The van der Waals surface area contributed by atoms with Crippen LogP contribution in [0.1, 0.15) is 57.1 Å². The van der Waals surface area contributed by atoms with Gasteiger partial charge in [-0.15, -0.1) is 0 Å². The molecule has 0 aromatic carbocycles. The van der Waals surface area contributed by atoms with E-state index in [-0.39, 0.29) is 11.1 Å². The van der Waals surface area contributed by atoms with Gasteiger partial charge in [-0.25, -0.2) is 0 Å². The fraction of sp³-hybridized carbons (Fsp3) is 0.474. The van der Waals surface area contributed by atoms with Crippen molar-refractivity contribution in [1.29, 1.82) is 0 Å². The van der Waals surface area contributed by atoms with Crippen LogP contribution in [0.25, 0.3) is 0 Å². The van der Waals surface area contributed by atoms with Gasteiger partial charge in [0.2, 0.25) is 0 Å². The molecule has 2 nitrogen and oxygen atoms in total. The minimum Gasteiger partial charge on any atom is -0.261 e. The van der Waals surface area contributed by atoms with Gasteiger partial charge in [0, 0.05) is 28.9 Å². The van der Waals surface area contributed by atoms with Gasteiger partial charge in [0.05, 0.1) is 11.3 Å². The van der Waals surface area contributed by atoms with E-state index in [1.165, 1.54) is 6.07 Å². The highest BCUT2D eigenvalue weighted by molar-refractivity contribution is 5.33. The standard InChI is InChI=1S/C19H23F3N2/c1-17(2,3)16-14(19(20,21)22)10-13(12-24-16)11-18(4,5)15-8-6-7-9-23-15/h6-10,12H,11H2,1-5H3. The van der Waals surface area contributed by atoms with Gasteiger partial charge in [-0.1, -0.05) is 40.7 Å². The summed E-state index contributed by atoms with van der Waals surface area (Å²) in [4.78, 5) is 8.49. The van der Waals surface area contributed by atoms with Gasteiger partial charge in [0.1, 0.15) is 0 Å². The Morgan fingerprint density at radius 2 is 1.62 bits per heavy atom. The minimum absolute atomic E-state index is 0.0781. The summed E-state index contributed by atoms with van der Waals surface area (Å²) in [6.07, 6.45) is -0.731. The van der Waals surface area contributed by atoms with E-state index < -0.39 is 17.2 Å². The second kappa shape index (κ2) is 6.19. The Morgan fingerprint density at radius 3 is 2.12 bits per heavy atom. The Balaban J connectivity index is 2.43. The smallest absolute Gasteiger partial charge is 0.261 e. The van der Waals surface area contributed by atoms with Gasteiger partial charge in [-0.05, 0) is 30.2 Å². The van der Waals surface area contributed by atoms with E-state index in [0.29, 0.717) is 12.0 Å². The summed E-state index contributed by atoms with van der Waals surface area (Å²) >= 11 is 0.